The smallest absolute Gasteiger partial charge is 0.252 e. The van der Waals surface area contributed by atoms with Gasteiger partial charge in [0.25, 0.3) is 5.91 Å². The second-order valence-electron chi connectivity index (χ2n) is 3.22. The van der Waals surface area contributed by atoms with Crippen molar-refractivity contribution in [3.63, 3.8) is 0 Å². The molecular formula is C11H9NO2. The fraction of sp³-hybridized carbons (Fsp3) is 0.0909. The highest BCUT2D eigenvalue weighted by atomic mass is 16.2. The van der Waals surface area contributed by atoms with Crippen LogP contribution in [0, 0.1) is 0 Å². The van der Waals surface area contributed by atoms with Crippen molar-refractivity contribution in [1.29, 1.82) is 0 Å². The highest BCUT2D eigenvalue weighted by Crippen LogP contribution is 2.20. The number of carbonyl (C=O) groups excluding carboxylic acids is 2. The third kappa shape index (κ3) is 1.33. The Bertz CT molecular complexity index is 446. The van der Waals surface area contributed by atoms with Gasteiger partial charge in [-0.25, -0.2) is 0 Å². The largest absolute Gasteiger partial charge is 0.365 e. The highest BCUT2D eigenvalue weighted by molar-refractivity contribution is 6.23. The van der Waals surface area contributed by atoms with Gasteiger partial charge in [-0.1, -0.05) is 24.3 Å². The molecule has 70 valence electrons. The van der Waals surface area contributed by atoms with Crippen molar-refractivity contribution >= 4 is 17.8 Å². The minimum Gasteiger partial charge on any atom is -0.365 e. The number of benzene rings is 1. The maximum Gasteiger partial charge on any atom is 0.252 e. The summed E-state index contributed by atoms with van der Waals surface area (Å²) in [6, 6.07) is 7.48. The van der Waals surface area contributed by atoms with Gasteiger partial charge in [0.1, 0.15) is 0 Å². The summed E-state index contributed by atoms with van der Waals surface area (Å²) in [6.07, 6.45) is 1.83. The number of hydrogen-bond donors (Lipinski definition) is 1. The molecule has 2 N–H and O–H groups in total. The van der Waals surface area contributed by atoms with Crippen molar-refractivity contribution in [3.8, 4) is 0 Å². The third-order valence-corrected chi connectivity index (χ3v) is 2.27. The quantitative estimate of drug-likeness (QED) is 0.657. The van der Waals surface area contributed by atoms with Gasteiger partial charge in [-0.3, -0.25) is 9.59 Å². The number of rotatable bonds is 1. The second-order valence-corrected chi connectivity index (χ2v) is 3.22. The number of hydrogen-bond acceptors (Lipinski definition) is 2. The van der Waals surface area contributed by atoms with E-state index in [1.807, 2.05) is 24.3 Å². The third-order valence-electron chi connectivity index (χ3n) is 2.27. The number of ketones is 1. The highest BCUT2D eigenvalue weighted by Gasteiger charge is 2.21. The molecule has 0 unspecified atom stereocenters. The maximum atomic E-state index is 11.4. The molecule has 1 aliphatic rings. The van der Waals surface area contributed by atoms with E-state index in [9.17, 15) is 9.59 Å². The van der Waals surface area contributed by atoms with E-state index in [4.69, 9.17) is 5.73 Å². The average molecular weight is 187 g/mol. The summed E-state index contributed by atoms with van der Waals surface area (Å²) in [5.74, 6) is -0.847. The molecule has 2 rings (SSSR count). The number of amides is 1. The van der Waals surface area contributed by atoms with Crippen LogP contribution in [0.3, 0.4) is 0 Å². The van der Waals surface area contributed by atoms with Crippen LogP contribution in [0.25, 0.3) is 6.08 Å². The Kier molecular flexibility index (Phi) is 1.93. The van der Waals surface area contributed by atoms with Crippen LogP contribution in [0.2, 0.25) is 0 Å². The number of fused-ring (bicyclic) bond motifs is 1. The van der Waals surface area contributed by atoms with E-state index in [0.29, 0.717) is 0 Å². The van der Waals surface area contributed by atoms with E-state index in [2.05, 4.69) is 0 Å². The molecule has 0 bridgehead atoms. The van der Waals surface area contributed by atoms with Crippen molar-refractivity contribution < 1.29 is 9.59 Å². The van der Waals surface area contributed by atoms with Gasteiger partial charge in [0, 0.05) is 6.42 Å². The van der Waals surface area contributed by atoms with E-state index < -0.39 is 5.91 Å². The fourth-order valence-electron chi connectivity index (χ4n) is 1.55. The van der Waals surface area contributed by atoms with Crippen LogP contribution in [-0.4, -0.2) is 11.7 Å². The van der Waals surface area contributed by atoms with E-state index in [0.717, 1.165) is 11.1 Å². The van der Waals surface area contributed by atoms with Crippen molar-refractivity contribution in [2.75, 3.05) is 0 Å². The molecule has 14 heavy (non-hydrogen) atoms. The van der Waals surface area contributed by atoms with Crippen LogP contribution >= 0.6 is 0 Å². The predicted octanol–water partition coefficient (Wildman–Crippen LogP) is 0.681. The monoisotopic (exact) mass is 187 g/mol. The number of primary amides is 1. The summed E-state index contributed by atoms with van der Waals surface area (Å²) >= 11 is 0. The molecular weight excluding hydrogens is 178 g/mol. The van der Waals surface area contributed by atoms with E-state index in [1.54, 1.807) is 6.08 Å². The van der Waals surface area contributed by atoms with Gasteiger partial charge in [0.15, 0.2) is 5.78 Å². The Balaban J connectivity index is 2.54. The molecule has 3 nitrogen and oxygen atoms in total. The van der Waals surface area contributed by atoms with E-state index >= 15 is 0 Å². The van der Waals surface area contributed by atoms with Gasteiger partial charge in [-0.2, -0.15) is 0 Å². The lowest BCUT2D eigenvalue weighted by molar-refractivity contribution is -0.120. The Labute approximate surface area is 81.2 Å². The lowest BCUT2D eigenvalue weighted by atomic mass is 9.91. The van der Waals surface area contributed by atoms with Gasteiger partial charge >= 0.3 is 0 Å². The Hall–Kier alpha value is -1.90. The van der Waals surface area contributed by atoms with Gasteiger partial charge < -0.3 is 5.73 Å². The summed E-state index contributed by atoms with van der Waals surface area (Å²) in [5, 5.41) is 0. The van der Waals surface area contributed by atoms with Crippen LogP contribution < -0.4 is 5.73 Å². The second kappa shape index (κ2) is 3.10. The predicted molar refractivity (Wildman–Crippen MR) is 52.3 cm³/mol. The standard InChI is InChI=1S/C11H9NO2/c12-11(14)9-5-7-3-1-2-4-8(7)6-10(9)13/h1-5H,6H2,(H2,12,14). The van der Waals surface area contributed by atoms with Gasteiger partial charge in [-0.15, -0.1) is 0 Å². The molecule has 0 spiro atoms. The van der Waals surface area contributed by atoms with Crippen molar-refractivity contribution in [2.24, 2.45) is 5.73 Å². The molecule has 0 saturated carbocycles. The van der Waals surface area contributed by atoms with Crippen LogP contribution in [0.1, 0.15) is 11.1 Å². The van der Waals surface area contributed by atoms with Crippen molar-refractivity contribution in [1.82, 2.24) is 0 Å². The lowest BCUT2D eigenvalue weighted by Gasteiger charge is -2.12. The van der Waals surface area contributed by atoms with Gasteiger partial charge in [-0.05, 0) is 17.2 Å². The average Bonchev–Trinajstić information content (AvgIpc) is 2.16. The van der Waals surface area contributed by atoms with Crippen LogP contribution in [-0.2, 0) is 16.0 Å². The summed E-state index contributed by atoms with van der Waals surface area (Å²) in [7, 11) is 0. The summed E-state index contributed by atoms with van der Waals surface area (Å²) in [4.78, 5) is 22.3. The zero-order chi connectivity index (χ0) is 10.1. The van der Waals surface area contributed by atoms with Crippen LogP contribution in [0.4, 0.5) is 0 Å². The molecule has 0 atom stereocenters. The Morgan fingerprint density at radius 1 is 1.29 bits per heavy atom. The lowest BCUT2D eigenvalue weighted by Crippen LogP contribution is -2.24. The first-order valence-electron chi connectivity index (χ1n) is 4.31. The van der Waals surface area contributed by atoms with Crippen LogP contribution in [0.5, 0.6) is 0 Å². The zero-order valence-corrected chi connectivity index (χ0v) is 7.49. The molecule has 1 aromatic carbocycles. The normalized spacial score (nSPS) is 14.6. The summed E-state index contributed by atoms with van der Waals surface area (Å²) in [5.41, 5.74) is 7.04. The van der Waals surface area contributed by atoms with Gasteiger partial charge in [0.05, 0.1) is 5.57 Å². The molecule has 1 aromatic rings. The zero-order valence-electron chi connectivity index (χ0n) is 7.49. The molecule has 0 fully saturated rings. The van der Waals surface area contributed by atoms with E-state index in [-0.39, 0.29) is 17.8 Å². The molecule has 3 heteroatoms. The van der Waals surface area contributed by atoms with Gasteiger partial charge in [0.2, 0.25) is 0 Å². The summed E-state index contributed by atoms with van der Waals surface area (Å²) < 4.78 is 0. The number of carbonyl (C=O) groups is 2. The number of Topliss-reactive ketones (excluding diaryl/α,β-unsaturated/α-hetero) is 1. The first kappa shape index (κ1) is 8.69. The molecule has 0 aliphatic heterocycles. The molecule has 1 aliphatic carbocycles. The summed E-state index contributed by atoms with van der Waals surface area (Å²) in [6.45, 7) is 0. The van der Waals surface area contributed by atoms with E-state index in [1.165, 1.54) is 0 Å². The first-order chi connectivity index (χ1) is 6.68. The molecule has 0 aromatic heterocycles. The molecule has 1 amide bonds. The Morgan fingerprint density at radius 3 is 2.71 bits per heavy atom. The van der Waals surface area contributed by atoms with Crippen LogP contribution in [0.15, 0.2) is 29.8 Å². The van der Waals surface area contributed by atoms with Crippen molar-refractivity contribution in [3.05, 3.63) is 41.0 Å². The Morgan fingerprint density at radius 2 is 2.00 bits per heavy atom. The van der Waals surface area contributed by atoms with Crippen molar-refractivity contribution in [2.45, 2.75) is 6.42 Å². The first-order valence-corrected chi connectivity index (χ1v) is 4.31. The molecule has 0 heterocycles. The number of nitrogens with two attached hydrogens (primary N) is 1. The molecule has 0 radical (unpaired) electrons. The minimum absolute atomic E-state index is 0.101. The fourth-order valence-corrected chi connectivity index (χ4v) is 1.55. The SMILES string of the molecule is NC(=O)C1=Cc2ccccc2CC1=O. The topological polar surface area (TPSA) is 60.2 Å². The maximum absolute atomic E-state index is 11.4. The minimum atomic E-state index is -0.649. The molecule has 0 saturated heterocycles.